The van der Waals surface area contributed by atoms with E-state index in [2.05, 4.69) is 35.2 Å². The number of rotatable bonds is 6. The molecule has 0 spiro atoms. The molecule has 1 atom stereocenters. The fourth-order valence-electron chi connectivity index (χ4n) is 2.16. The van der Waals surface area contributed by atoms with Crippen molar-refractivity contribution in [1.29, 1.82) is 0 Å². The van der Waals surface area contributed by atoms with Crippen molar-refractivity contribution in [3.63, 3.8) is 0 Å². The standard InChI is InChI=1S/C15H20N2OS/c1-11-9-19-10-14(11)15(17-16)8-5-12-3-6-13(18-2)7-4-12/h3-4,6-7,9-10,15,17H,5,8,16H2,1-2H3. The van der Waals surface area contributed by atoms with Crippen molar-refractivity contribution in [3.05, 3.63) is 51.7 Å². The molecule has 0 fully saturated rings. The SMILES string of the molecule is COc1ccc(CCC(NN)c2cscc2C)cc1. The number of hydrazine groups is 1. The van der Waals surface area contributed by atoms with Gasteiger partial charge in [-0.05, 0) is 59.3 Å². The highest BCUT2D eigenvalue weighted by atomic mass is 32.1. The number of hydrogen-bond donors (Lipinski definition) is 2. The fraction of sp³-hybridized carbons (Fsp3) is 0.333. The first-order valence-corrected chi connectivity index (χ1v) is 7.30. The summed E-state index contributed by atoms with van der Waals surface area (Å²) < 4.78 is 5.16. The second-order valence-corrected chi connectivity index (χ2v) is 5.36. The summed E-state index contributed by atoms with van der Waals surface area (Å²) in [6, 6.07) is 8.42. The number of nitrogens with one attached hydrogen (secondary N) is 1. The lowest BCUT2D eigenvalue weighted by atomic mass is 9.99. The third kappa shape index (κ3) is 3.56. The molecule has 2 rings (SSSR count). The lowest BCUT2D eigenvalue weighted by Gasteiger charge is -2.16. The molecule has 1 aromatic carbocycles. The zero-order valence-electron chi connectivity index (χ0n) is 11.3. The second-order valence-electron chi connectivity index (χ2n) is 4.62. The quantitative estimate of drug-likeness (QED) is 0.629. The van der Waals surface area contributed by atoms with Gasteiger partial charge in [0.2, 0.25) is 0 Å². The van der Waals surface area contributed by atoms with Crippen LogP contribution in [0.4, 0.5) is 0 Å². The third-order valence-corrected chi connectivity index (χ3v) is 4.23. The predicted octanol–water partition coefficient (Wildman–Crippen LogP) is 3.20. The molecule has 0 aliphatic rings. The number of aryl methyl sites for hydroxylation is 2. The number of methoxy groups -OCH3 is 1. The van der Waals surface area contributed by atoms with Gasteiger partial charge in [0.15, 0.2) is 0 Å². The number of ether oxygens (including phenoxy) is 1. The Hall–Kier alpha value is -1.36. The summed E-state index contributed by atoms with van der Waals surface area (Å²) in [5.41, 5.74) is 6.83. The summed E-state index contributed by atoms with van der Waals surface area (Å²) in [6.45, 7) is 2.13. The number of nitrogens with two attached hydrogens (primary N) is 1. The van der Waals surface area contributed by atoms with Crippen molar-refractivity contribution in [1.82, 2.24) is 5.43 Å². The van der Waals surface area contributed by atoms with Crippen LogP contribution in [0.3, 0.4) is 0 Å². The van der Waals surface area contributed by atoms with E-state index in [1.165, 1.54) is 16.7 Å². The second kappa shape index (κ2) is 6.70. The molecule has 3 N–H and O–H groups in total. The highest BCUT2D eigenvalue weighted by Crippen LogP contribution is 2.25. The van der Waals surface area contributed by atoms with Crippen LogP contribution in [0.15, 0.2) is 35.0 Å². The van der Waals surface area contributed by atoms with Crippen LogP contribution < -0.4 is 16.0 Å². The Morgan fingerprint density at radius 2 is 2.00 bits per heavy atom. The first-order valence-electron chi connectivity index (χ1n) is 6.36. The zero-order chi connectivity index (χ0) is 13.7. The van der Waals surface area contributed by atoms with Crippen LogP contribution in [-0.2, 0) is 6.42 Å². The van der Waals surface area contributed by atoms with E-state index >= 15 is 0 Å². The van der Waals surface area contributed by atoms with Crippen LogP contribution in [0.2, 0.25) is 0 Å². The normalized spacial score (nSPS) is 12.4. The van der Waals surface area contributed by atoms with Crippen LogP contribution in [0.25, 0.3) is 0 Å². The molecule has 0 saturated heterocycles. The van der Waals surface area contributed by atoms with Gasteiger partial charge in [0.25, 0.3) is 0 Å². The van der Waals surface area contributed by atoms with Crippen LogP contribution in [0, 0.1) is 6.92 Å². The smallest absolute Gasteiger partial charge is 0.118 e. The Morgan fingerprint density at radius 3 is 2.53 bits per heavy atom. The highest BCUT2D eigenvalue weighted by Gasteiger charge is 2.12. The Bertz CT molecular complexity index is 507. The van der Waals surface area contributed by atoms with E-state index in [4.69, 9.17) is 10.6 Å². The Labute approximate surface area is 118 Å². The fourth-order valence-corrected chi connectivity index (χ4v) is 3.06. The maximum absolute atomic E-state index is 5.68. The molecule has 0 saturated carbocycles. The molecule has 19 heavy (non-hydrogen) atoms. The summed E-state index contributed by atoms with van der Waals surface area (Å²) >= 11 is 1.72. The molecule has 1 unspecified atom stereocenters. The molecule has 1 aromatic heterocycles. The molecule has 4 heteroatoms. The van der Waals surface area contributed by atoms with Crippen LogP contribution in [0.1, 0.15) is 29.2 Å². The third-order valence-electron chi connectivity index (χ3n) is 3.35. The van der Waals surface area contributed by atoms with Gasteiger partial charge in [0.1, 0.15) is 5.75 Å². The molecule has 0 bridgehead atoms. The number of benzene rings is 1. The van der Waals surface area contributed by atoms with Gasteiger partial charge in [0, 0.05) is 6.04 Å². The minimum Gasteiger partial charge on any atom is -0.497 e. The molecule has 1 heterocycles. The largest absolute Gasteiger partial charge is 0.497 e. The maximum atomic E-state index is 5.68. The van der Waals surface area contributed by atoms with E-state index in [1.54, 1.807) is 18.4 Å². The maximum Gasteiger partial charge on any atom is 0.118 e. The zero-order valence-corrected chi connectivity index (χ0v) is 12.2. The molecular weight excluding hydrogens is 256 g/mol. The van der Waals surface area contributed by atoms with E-state index in [0.717, 1.165) is 18.6 Å². The topological polar surface area (TPSA) is 47.3 Å². The van der Waals surface area contributed by atoms with E-state index in [9.17, 15) is 0 Å². The Morgan fingerprint density at radius 1 is 1.26 bits per heavy atom. The summed E-state index contributed by atoms with van der Waals surface area (Å²) in [7, 11) is 1.68. The molecule has 102 valence electrons. The summed E-state index contributed by atoms with van der Waals surface area (Å²) in [6.07, 6.45) is 1.98. The van der Waals surface area contributed by atoms with Gasteiger partial charge >= 0.3 is 0 Å². The summed E-state index contributed by atoms with van der Waals surface area (Å²) in [5.74, 6) is 6.57. The molecule has 2 aromatic rings. The molecule has 0 amide bonds. The summed E-state index contributed by atoms with van der Waals surface area (Å²) in [4.78, 5) is 0. The van der Waals surface area contributed by atoms with Gasteiger partial charge in [-0.1, -0.05) is 12.1 Å². The van der Waals surface area contributed by atoms with Gasteiger partial charge in [-0.3, -0.25) is 11.3 Å². The van der Waals surface area contributed by atoms with Crippen LogP contribution in [-0.4, -0.2) is 7.11 Å². The predicted molar refractivity (Wildman–Crippen MR) is 80.4 cm³/mol. The number of thiophene rings is 1. The van der Waals surface area contributed by atoms with E-state index in [-0.39, 0.29) is 6.04 Å². The molecule has 0 radical (unpaired) electrons. The average molecular weight is 276 g/mol. The van der Waals surface area contributed by atoms with Gasteiger partial charge in [-0.15, -0.1) is 0 Å². The highest BCUT2D eigenvalue weighted by molar-refractivity contribution is 7.08. The minimum atomic E-state index is 0.216. The van der Waals surface area contributed by atoms with E-state index in [0.29, 0.717) is 0 Å². The van der Waals surface area contributed by atoms with Crippen molar-refractivity contribution in [2.45, 2.75) is 25.8 Å². The molecule has 3 nitrogen and oxygen atoms in total. The molecule has 0 aliphatic heterocycles. The number of hydrogen-bond acceptors (Lipinski definition) is 4. The first-order chi connectivity index (χ1) is 9.24. The average Bonchev–Trinajstić information content (AvgIpc) is 2.87. The lowest BCUT2D eigenvalue weighted by molar-refractivity contribution is 0.414. The molecule has 0 aliphatic carbocycles. The van der Waals surface area contributed by atoms with Gasteiger partial charge in [0.05, 0.1) is 7.11 Å². The van der Waals surface area contributed by atoms with Crippen molar-refractivity contribution in [2.75, 3.05) is 7.11 Å². The van der Waals surface area contributed by atoms with Crippen LogP contribution >= 0.6 is 11.3 Å². The minimum absolute atomic E-state index is 0.216. The van der Waals surface area contributed by atoms with Crippen LogP contribution in [0.5, 0.6) is 5.75 Å². The van der Waals surface area contributed by atoms with Crippen molar-refractivity contribution in [3.8, 4) is 5.75 Å². The van der Waals surface area contributed by atoms with Crippen molar-refractivity contribution < 1.29 is 4.74 Å². The van der Waals surface area contributed by atoms with Crippen molar-refractivity contribution >= 4 is 11.3 Å². The van der Waals surface area contributed by atoms with Gasteiger partial charge in [-0.25, -0.2) is 0 Å². The Kier molecular flexibility index (Phi) is 4.96. The lowest BCUT2D eigenvalue weighted by Crippen LogP contribution is -2.28. The molecular formula is C15H20N2OS. The van der Waals surface area contributed by atoms with E-state index in [1.807, 2.05) is 12.1 Å². The van der Waals surface area contributed by atoms with Gasteiger partial charge < -0.3 is 4.74 Å². The van der Waals surface area contributed by atoms with Gasteiger partial charge in [-0.2, -0.15) is 11.3 Å². The monoisotopic (exact) mass is 276 g/mol. The van der Waals surface area contributed by atoms with Crippen molar-refractivity contribution in [2.24, 2.45) is 5.84 Å². The summed E-state index contributed by atoms with van der Waals surface area (Å²) in [5, 5.41) is 4.33. The first kappa shape index (κ1) is 14.1. The van der Waals surface area contributed by atoms with E-state index < -0.39 is 0 Å². The Balaban J connectivity index is 1.98.